The van der Waals surface area contributed by atoms with Gasteiger partial charge in [-0.05, 0) is 0 Å². The molecule has 0 unspecified atom stereocenters. The Bertz CT molecular complexity index is 274. The van der Waals surface area contributed by atoms with E-state index in [0.717, 1.165) is 6.42 Å². The van der Waals surface area contributed by atoms with E-state index in [9.17, 15) is 0 Å². The molecular formula is C13H23GeN2O3. The van der Waals surface area contributed by atoms with Crippen LogP contribution in [0.2, 0.25) is 5.25 Å². The van der Waals surface area contributed by atoms with Crippen molar-refractivity contribution in [2.75, 3.05) is 39.5 Å². The molecule has 6 heteroatoms. The summed E-state index contributed by atoms with van der Waals surface area (Å²) in [4.78, 5) is 5.96. The molecule has 0 saturated carbocycles. The second-order valence-corrected chi connectivity index (χ2v) is 4.88. The SMILES string of the molecule is OCCN(CCO)CCO.[Ge][CH2]Cc1ccccn1. The van der Waals surface area contributed by atoms with Crippen LogP contribution in [-0.2, 0) is 6.42 Å². The predicted molar refractivity (Wildman–Crippen MR) is 76.2 cm³/mol. The third-order valence-corrected chi connectivity index (χ3v) is 2.88. The monoisotopic (exact) mass is 329 g/mol. The molecule has 0 spiro atoms. The van der Waals surface area contributed by atoms with Crippen molar-refractivity contribution in [1.29, 1.82) is 0 Å². The summed E-state index contributed by atoms with van der Waals surface area (Å²) in [5, 5.41) is 26.6. The van der Waals surface area contributed by atoms with Gasteiger partial charge in [-0.15, -0.1) is 0 Å². The molecule has 0 amide bonds. The summed E-state index contributed by atoms with van der Waals surface area (Å²) in [6, 6.07) is 6.03. The number of aliphatic hydroxyl groups excluding tert-OH is 3. The Kier molecular flexibility index (Phi) is 13.6. The molecule has 0 saturated heterocycles. The van der Waals surface area contributed by atoms with Crippen LogP contribution in [-0.4, -0.2) is 81.2 Å². The number of rotatable bonds is 8. The summed E-state index contributed by atoms with van der Waals surface area (Å²) >= 11 is 2.16. The molecule has 5 nitrogen and oxygen atoms in total. The van der Waals surface area contributed by atoms with Gasteiger partial charge in [0, 0.05) is 19.6 Å². The van der Waals surface area contributed by atoms with Crippen molar-refractivity contribution in [2.45, 2.75) is 11.7 Å². The van der Waals surface area contributed by atoms with Crippen LogP contribution in [0.1, 0.15) is 5.69 Å². The Balaban J connectivity index is 0.000000342. The van der Waals surface area contributed by atoms with Gasteiger partial charge in [-0.3, -0.25) is 4.90 Å². The van der Waals surface area contributed by atoms with Crippen molar-refractivity contribution in [1.82, 2.24) is 9.88 Å². The van der Waals surface area contributed by atoms with E-state index in [1.54, 1.807) is 4.90 Å². The zero-order valence-electron chi connectivity index (χ0n) is 11.2. The van der Waals surface area contributed by atoms with Crippen molar-refractivity contribution < 1.29 is 15.3 Å². The maximum absolute atomic E-state index is 8.48. The van der Waals surface area contributed by atoms with E-state index < -0.39 is 0 Å². The summed E-state index contributed by atoms with van der Waals surface area (Å²) < 4.78 is 0. The second-order valence-electron chi connectivity index (χ2n) is 3.83. The summed E-state index contributed by atoms with van der Waals surface area (Å²) in [5.41, 5.74) is 1.19. The van der Waals surface area contributed by atoms with Crippen LogP contribution in [0.5, 0.6) is 0 Å². The number of aliphatic hydroxyl groups is 3. The first-order chi connectivity index (χ1) is 9.28. The average molecular weight is 328 g/mol. The number of nitrogens with zero attached hydrogens (tertiary/aromatic N) is 2. The third kappa shape index (κ3) is 11.1. The summed E-state index contributed by atoms with van der Waals surface area (Å²) in [6.45, 7) is 1.75. The number of pyridine rings is 1. The molecule has 107 valence electrons. The molecule has 1 rings (SSSR count). The first-order valence-electron chi connectivity index (χ1n) is 6.37. The maximum atomic E-state index is 8.48. The van der Waals surface area contributed by atoms with Gasteiger partial charge in [-0.1, -0.05) is 0 Å². The van der Waals surface area contributed by atoms with E-state index in [4.69, 9.17) is 15.3 Å². The molecule has 0 bridgehead atoms. The molecule has 0 aromatic carbocycles. The molecule has 1 heterocycles. The Labute approximate surface area is 123 Å². The van der Waals surface area contributed by atoms with Gasteiger partial charge in [0.05, 0.1) is 19.8 Å². The van der Waals surface area contributed by atoms with E-state index in [0.29, 0.717) is 19.6 Å². The van der Waals surface area contributed by atoms with Crippen molar-refractivity contribution in [3.8, 4) is 0 Å². The van der Waals surface area contributed by atoms with Crippen LogP contribution in [0.15, 0.2) is 24.4 Å². The molecule has 0 atom stereocenters. The minimum absolute atomic E-state index is 0.0694. The molecule has 3 N–H and O–H groups in total. The van der Waals surface area contributed by atoms with Gasteiger partial charge >= 0.3 is 63.3 Å². The third-order valence-electron chi connectivity index (χ3n) is 2.36. The zero-order valence-corrected chi connectivity index (χ0v) is 13.3. The van der Waals surface area contributed by atoms with Gasteiger partial charge in [0.15, 0.2) is 0 Å². The van der Waals surface area contributed by atoms with Crippen molar-refractivity contribution >= 4 is 16.5 Å². The topological polar surface area (TPSA) is 76.8 Å². The van der Waals surface area contributed by atoms with E-state index in [2.05, 4.69) is 27.6 Å². The number of hydrogen-bond acceptors (Lipinski definition) is 5. The van der Waals surface area contributed by atoms with Gasteiger partial charge in [0.25, 0.3) is 0 Å². The fourth-order valence-corrected chi connectivity index (χ4v) is 1.97. The van der Waals surface area contributed by atoms with Gasteiger partial charge in [-0.25, -0.2) is 0 Å². The quantitative estimate of drug-likeness (QED) is 0.560. The summed E-state index contributed by atoms with van der Waals surface area (Å²) in [7, 11) is 0. The number of aryl methyl sites for hydroxylation is 1. The van der Waals surface area contributed by atoms with E-state index in [1.807, 2.05) is 18.3 Å². The molecule has 0 fully saturated rings. The van der Waals surface area contributed by atoms with Crippen LogP contribution in [0.25, 0.3) is 0 Å². The Morgan fingerprint density at radius 3 is 1.95 bits per heavy atom. The summed E-state index contributed by atoms with van der Waals surface area (Å²) in [6.07, 6.45) is 2.94. The Hall–Kier alpha value is -0.467. The van der Waals surface area contributed by atoms with Gasteiger partial charge < -0.3 is 15.3 Å². The standard InChI is InChI=1S/C7H8GeN.C6H15NO3/c8-5-4-7-3-1-2-6-9-7;8-4-1-7(2-5-9)3-6-10/h1-3,6H,4-5H2;8-10H,1-6H2. The Morgan fingerprint density at radius 1 is 1.00 bits per heavy atom. The molecule has 1 aromatic heterocycles. The van der Waals surface area contributed by atoms with Crippen molar-refractivity contribution in [2.24, 2.45) is 0 Å². The summed E-state index contributed by atoms with van der Waals surface area (Å²) in [5.74, 6) is 0. The molecule has 19 heavy (non-hydrogen) atoms. The molecular weight excluding hydrogens is 305 g/mol. The Morgan fingerprint density at radius 2 is 1.58 bits per heavy atom. The number of aromatic nitrogens is 1. The molecule has 0 aliphatic heterocycles. The van der Waals surface area contributed by atoms with Crippen molar-refractivity contribution in [3.05, 3.63) is 30.1 Å². The van der Waals surface area contributed by atoms with Gasteiger partial charge in [0.2, 0.25) is 0 Å². The average Bonchev–Trinajstić information content (AvgIpc) is 2.42. The van der Waals surface area contributed by atoms with Crippen molar-refractivity contribution in [3.63, 3.8) is 0 Å². The molecule has 0 aliphatic carbocycles. The van der Waals surface area contributed by atoms with Gasteiger partial charge in [0.1, 0.15) is 0 Å². The first-order valence-corrected chi connectivity index (χ1v) is 7.86. The van der Waals surface area contributed by atoms with E-state index >= 15 is 0 Å². The minimum atomic E-state index is 0.0694. The predicted octanol–water partition coefficient (Wildman–Crippen LogP) is -0.524. The fourth-order valence-electron chi connectivity index (χ4n) is 1.43. The van der Waals surface area contributed by atoms with Crippen LogP contribution < -0.4 is 0 Å². The molecule has 0 aliphatic rings. The molecule has 3 radical (unpaired) electrons. The second kappa shape index (κ2) is 14.0. The van der Waals surface area contributed by atoms with Gasteiger partial charge in [-0.2, -0.15) is 0 Å². The fraction of sp³-hybridized carbons (Fsp3) is 0.615. The zero-order chi connectivity index (χ0) is 14.3. The van der Waals surface area contributed by atoms with Crippen LogP contribution in [0, 0.1) is 0 Å². The number of hydrogen-bond donors (Lipinski definition) is 3. The normalized spacial score (nSPS) is 10.2. The van der Waals surface area contributed by atoms with Crippen LogP contribution >= 0.6 is 0 Å². The van der Waals surface area contributed by atoms with Crippen LogP contribution in [0.4, 0.5) is 0 Å². The van der Waals surface area contributed by atoms with E-state index in [-0.39, 0.29) is 19.8 Å². The first kappa shape index (κ1) is 18.5. The van der Waals surface area contributed by atoms with Crippen LogP contribution in [0.3, 0.4) is 0 Å². The van der Waals surface area contributed by atoms with E-state index in [1.165, 1.54) is 10.9 Å². The molecule has 1 aromatic rings.